The second kappa shape index (κ2) is 10.4. The molecule has 0 aliphatic carbocycles. The molecule has 2 aliphatic heterocycles. The topological polar surface area (TPSA) is 136 Å². The molecule has 2 N–H and O–H groups in total. The van der Waals surface area contributed by atoms with Crippen LogP contribution in [0, 0.1) is 16.0 Å². The normalized spacial score (nSPS) is 19.4. The number of methoxy groups -OCH3 is 1. The average molecular weight is 527 g/mol. The summed E-state index contributed by atoms with van der Waals surface area (Å²) in [7, 11) is 1.55. The highest BCUT2D eigenvalue weighted by Gasteiger charge is 2.48. The molecule has 1 aromatic heterocycles. The lowest BCUT2D eigenvalue weighted by molar-refractivity contribution is -0.384. The van der Waals surface area contributed by atoms with Crippen molar-refractivity contribution in [3.63, 3.8) is 0 Å². The number of allylic oxidation sites excluding steroid dienone is 2. The molecule has 0 radical (unpaired) electrons. The number of para-hydroxylation sites is 1. The van der Waals surface area contributed by atoms with E-state index in [0.717, 1.165) is 11.3 Å². The highest BCUT2D eigenvalue weighted by Crippen LogP contribution is 2.45. The van der Waals surface area contributed by atoms with Crippen molar-refractivity contribution in [2.24, 2.45) is 10.9 Å². The number of ether oxygens (including phenoxy) is 2. The molecule has 5 rings (SSSR count). The fraction of sp³-hybridized carbons (Fsp3) is 0.207. The minimum absolute atomic E-state index is 0.00539. The molecule has 3 heterocycles. The highest BCUT2D eigenvalue weighted by molar-refractivity contribution is 6.21. The lowest BCUT2D eigenvalue weighted by atomic mass is 9.75. The summed E-state index contributed by atoms with van der Waals surface area (Å²) in [5.74, 6) is -1.15. The molecule has 0 amide bonds. The van der Waals surface area contributed by atoms with Crippen LogP contribution in [0.15, 0.2) is 82.6 Å². The summed E-state index contributed by atoms with van der Waals surface area (Å²) in [6.07, 6.45) is 1.66. The van der Waals surface area contributed by atoms with Crippen LogP contribution in [0.4, 0.5) is 5.69 Å². The summed E-state index contributed by atoms with van der Waals surface area (Å²) in [6.45, 7) is 3.70. The quantitative estimate of drug-likeness (QED) is 0.196. The molecule has 2 unspecified atom stereocenters. The van der Waals surface area contributed by atoms with E-state index in [4.69, 9.17) is 9.47 Å². The fourth-order valence-electron chi connectivity index (χ4n) is 5.04. The number of hydrogen-bond donors (Lipinski definition) is 2. The van der Waals surface area contributed by atoms with Gasteiger partial charge < -0.3 is 19.8 Å². The Bertz CT molecular complexity index is 1560. The number of H-pyrrole nitrogens is 1. The van der Waals surface area contributed by atoms with E-state index in [-0.39, 0.29) is 23.8 Å². The van der Waals surface area contributed by atoms with Gasteiger partial charge >= 0.3 is 5.97 Å². The minimum atomic E-state index is -0.764. The standard InChI is InChI=1S/C29H26N4O6/c1-4-39-29(35)24-16(2)30-28-26(25(24)20-7-5-6-8-23(20)38-3)27(34)22(32-28)15-18-11-14-21(31-18)17-9-12-19(13-10-17)33(36)37/h5-15,25-26,31H,4H2,1-3H3,(H,30,32)/b22-15-. The zero-order valence-electron chi connectivity index (χ0n) is 21.6. The van der Waals surface area contributed by atoms with E-state index in [1.165, 1.54) is 12.1 Å². The first-order valence-corrected chi connectivity index (χ1v) is 12.4. The van der Waals surface area contributed by atoms with Gasteiger partial charge in [-0.1, -0.05) is 18.2 Å². The van der Waals surface area contributed by atoms with Crippen molar-refractivity contribution in [2.45, 2.75) is 19.8 Å². The third kappa shape index (κ3) is 4.72. The molecule has 2 aliphatic rings. The third-order valence-electron chi connectivity index (χ3n) is 6.79. The van der Waals surface area contributed by atoms with Gasteiger partial charge in [0.25, 0.3) is 5.69 Å². The van der Waals surface area contributed by atoms with Crippen molar-refractivity contribution in [3.05, 3.63) is 99.0 Å². The van der Waals surface area contributed by atoms with Gasteiger partial charge in [0.05, 0.1) is 30.1 Å². The number of nitrogens with one attached hydrogen (secondary N) is 2. The molecule has 0 bridgehead atoms. The number of aromatic nitrogens is 1. The molecule has 198 valence electrons. The monoisotopic (exact) mass is 526 g/mol. The van der Waals surface area contributed by atoms with Crippen molar-refractivity contribution >= 4 is 29.4 Å². The first-order chi connectivity index (χ1) is 18.8. The Morgan fingerprint density at radius 2 is 1.85 bits per heavy atom. The second-order valence-corrected chi connectivity index (χ2v) is 9.10. The third-order valence-corrected chi connectivity index (χ3v) is 6.79. The van der Waals surface area contributed by atoms with Crippen molar-refractivity contribution in [1.29, 1.82) is 0 Å². The maximum Gasteiger partial charge on any atom is 0.336 e. The van der Waals surface area contributed by atoms with Crippen LogP contribution in [0.1, 0.15) is 31.0 Å². The maximum atomic E-state index is 13.8. The van der Waals surface area contributed by atoms with Crippen molar-refractivity contribution in [2.75, 3.05) is 13.7 Å². The molecule has 0 spiro atoms. The van der Waals surface area contributed by atoms with Crippen LogP contribution in [0.5, 0.6) is 5.75 Å². The zero-order chi connectivity index (χ0) is 27.7. The summed E-state index contributed by atoms with van der Waals surface area (Å²) in [5, 5.41) is 14.1. The molecule has 10 heteroatoms. The van der Waals surface area contributed by atoms with Crippen LogP contribution >= 0.6 is 0 Å². The number of rotatable bonds is 7. The van der Waals surface area contributed by atoms with E-state index in [0.29, 0.717) is 34.1 Å². The number of benzene rings is 2. The largest absolute Gasteiger partial charge is 0.496 e. The van der Waals surface area contributed by atoms with Gasteiger partial charge in [-0.25, -0.2) is 9.79 Å². The molecule has 2 atom stereocenters. The Hall–Kier alpha value is -4.99. The summed E-state index contributed by atoms with van der Waals surface area (Å²) in [4.78, 5) is 45.3. The number of esters is 1. The molecular formula is C29H26N4O6. The minimum Gasteiger partial charge on any atom is -0.496 e. The smallest absolute Gasteiger partial charge is 0.336 e. The van der Waals surface area contributed by atoms with Crippen LogP contribution < -0.4 is 10.1 Å². The van der Waals surface area contributed by atoms with Gasteiger partial charge in [0.1, 0.15) is 17.3 Å². The molecule has 0 fully saturated rings. The van der Waals surface area contributed by atoms with E-state index in [2.05, 4.69) is 15.3 Å². The van der Waals surface area contributed by atoms with Crippen LogP contribution in [-0.2, 0) is 14.3 Å². The van der Waals surface area contributed by atoms with Gasteiger partial charge in [-0.2, -0.15) is 0 Å². The molecular weight excluding hydrogens is 500 g/mol. The number of non-ortho nitro benzene ring substituents is 1. The van der Waals surface area contributed by atoms with Gasteiger partial charge in [0, 0.05) is 40.7 Å². The molecule has 3 aromatic rings. The Morgan fingerprint density at radius 3 is 2.54 bits per heavy atom. The number of nitro benzene ring substituents is 1. The average Bonchev–Trinajstić information content (AvgIpc) is 3.52. The number of fused-ring (bicyclic) bond motifs is 1. The van der Waals surface area contributed by atoms with E-state index in [1.54, 1.807) is 51.3 Å². The molecule has 10 nitrogen and oxygen atoms in total. The number of carbonyl (C=O) groups is 2. The Morgan fingerprint density at radius 1 is 1.10 bits per heavy atom. The number of amidine groups is 1. The van der Waals surface area contributed by atoms with Crippen molar-refractivity contribution < 1.29 is 24.0 Å². The number of Topliss-reactive ketones (excluding diaryl/α,β-unsaturated/α-hetero) is 1. The van der Waals surface area contributed by atoms with E-state index in [1.807, 2.05) is 24.3 Å². The zero-order valence-corrected chi connectivity index (χ0v) is 21.6. The number of ketones is 1. The predicted molar refractivity (Wildman–Crippen MR) is 145 cm³/mol. The fourth-order valence-corrected chi connectivity index (χ4v) is 5.04. The van der Waals surface area contributed by atoms with Crippen LogP contribution in [0.2, 0.25) is 0 Å². The second-order valence-electron chi connectivity index (χ2n) is 9.10. The number of nitro groups is 1. The van der Waals surface area contributed by atoms with Gasteiger partial charge in [-0.15, -0.1) is 0 Å². The lowest BCUT2D eigenvalue weighted by Gasteiger charge is -2.33. The van der Waals surface area contributed by atoms with Gasteiger partial charge in [-0.05, 0) is 55.8 Å². The Kier molecular flexibility index (Phi) is 6.84. The van der Waals surface area contributed by atoms with Gasteiger partial charge in [0.2, 0.25) is 0 Å². The maximum absolute atomic E-state index is 13.8. The summed E-state index contributed by atoms with van der Waals surface area (Å²) in [5.41, 5.74) is 3.99. The molecule has 0 saturated carbocycles. The van der Waals surface area contributed by atoms with Crippen molar-refractivity contribution in [1.82, 2.24) is 10.3 Å². The SMILES string of the molecule is CCOC(=O)C1=C(C)NC2=N/C(=C\c3ccc(-c4ccc([N+](=O)[O-])cc4)[nH]3)C(=O)C2C1c1ccccc1OC. The molecule has 39 heavy (non-hydrogen) atoms. The van der Waals surface area contributed by atoms with Crippen LogP contribution in [-0.4, -0.2) is 41.2 Å². The van der Waals surface area contributed by atoms with E-state index >= 15 is 0 Å². The number of carbonyl (C=O) groups excluding carboxylic acids is 2. The van der Waals surface area contributed by atoms with Gasteiger partial charge in [-0.3, -0.25) is 14.9 Å². The number of aliphatic imine (C=N–C) groups is 1. The first kappa shape index (κ1) is 25.7. The van der Waals surface area contributed by atoms with Gasteiger partial charge in [0.15, 0.2) is 5.78 Å². The summed E-state index contributed by atoms with van der Waals surface area (Å²) >= 11 is 0. The van der Waals surface area contributed by atoms with Crippen LogP contribution in [0.3, 0.4) is 0 Å². The summed E-state index contributed by atoms with van der Waals surface area (Å²) < 4.78 is 11.0. The molecule has 2 aromatic carbocycles. The van der Waals surface area contributed by atoms with Crippen molar-refractivity contribution in [3.8, 4) is 17.0 Å². The number of hydrogen-bond acceptors (Lipinski definition) is 8. The predicted octanol–water partition coefficient (Wildman–Crippen LogP) is 4.76. The number of aromatic amines is 1. The van der Waals surface area contributed by atoms with E-state index < -0.39 is 22.7 Å². The summed E-state index contributed by atoms with van der Waals surface area (Å²) in [6, 6.07) is 17.1. The lowest BCUT2D eigenvalue weighted by Crippen LogP contribution is -2.42. The number of nitrogens with zero attached hydrogens (tertiary/aromatic N) is 2. The Labute approximate surface area is 224 Å². The van der Waals surface area contributed by atoms with E-state index in [9.17, 15) is 19.7 Å². The first-order valence-electron chi connectivity index (χ1n) is 12.4. The molecule has 0 saturated heterocycles. The van der Waals surface area contributed by atoms with Crippen LogP contribution in [0.25, 0.3) is 17.3 Å². The Balaban J connectivity index is 1.51. The highest BCUT2D eigenvalue weighted by atomic mass is 16.6.